The number of nitrogens with one attached hydrogen (secondary N) is 1. The van der Waals surface area contributed by atoms with Crippen LogP contribution in [0.1, 0.15) is 34.7 Å². The Balaban J connectivity index is 1.58. The number of benzene rings is 1. The molecule has 3 rings (SSSR count). The predicted molar refractivity (Wildman–Crippen MR) is 88.5 cm³/mol. The molecule has 0 radical (unpaired) electrons. The summed E-state index contributed by atoms with van der Waals surface area (Å²) in [5.74, 6) is 0.750. The van der Waals surface area contributed by atoms with E-state index in [-0.39, 0.29) is 5.91 Å². The Labute approximate surface area is 136 Å². The van der Waals surface area contributed by atoms with Gasteiger partial charge in [-0.05, 0) is 42.7 Å². The summed E-state index contributed by atoms with van der Waals surface area (Å²) in [5.41, 5.74) is 2.32. The van der Waals surface area contributed by atoms with Gasteiger partial charge in [0.1, 0.15) is 12.4 Å². The number of hydrogen-bond acceptors (Lipinski definition) is 4. The summed E-state index contributed by atoms with van der Waals surface area (Å²) < 4.78 is 10.4. The molecule has 1 amide bonds. The Bertz CT molecular complexity index is 660. The maximum absolute atomic E-state index is 12.1. The molecule has 1 aliphatic rings. The summed E-state index contributed by atoms with van der Waals surface area (Å²) in [6.45, 7) is 3.08. The quantitative estimate of drug-likeness (QED) is 0.890. The van der Waals surface area contributed by atoms with Crippen molar-refractivity contribution in [3.05, 3.63) is 53.5 Å². The third-order valence-electron chi connectivity index (χ3n) is 4.01. The van der Waals surface area contributed by atoms with Crippen molar-refractivity contribution >= 4 is 11.6 Å². The molecular formula is C18H22N2O3. The van der Waals surface area contributed by atoms with Gasteiger partial charge in [0.05, 0.1) is 0 Å². The average Bonchev–Trinajstić information content (AvgIpc) is 3.25. The predicted octanol–water partition coefficient (Wildman–Crippen LogP) is 2.96. The van der Waals surface area contributed by atoms with Crippen LogP contribution in [0.15, 0.2) is 40.8 Å². The third kappa shape index (κ3) is 3.93. The maximum atomic E-state index is 12.1. The minimum absolute atomic E-state index is 0.209. The molecule has 0 saturated carbocycles. The molecule has 1 aromatic carbocycles. The molecule has 1 saturated heterocycles. The zero-order valence-electron chi connectivity index (χ0n) is 13.4. The number of anilines is 1. The van der Waals surface area contributed by atoms with E-state index in [1.807, 2.05) is 12.1 Å². The Morgan fingerprint density at radius 2 is 2.09 bits per heavy atom. The smallest absolute Gasteiger partial charge is 0.287 e. The van der Waals surface area contributed by atoms with Crippen molar-refractivity contribution in [1.82, 2.24) is 5.32 Å². The Morgan fingerprint density at radius 1 is 1.26 bits per heavy atom. The van der Waals surface area contributed by atoms with Crippen LogP contribution in [0.25, 0.3) is 0 Å². The van der Waals surface area contributed by atoms with E-state index in [0.717, 1.165) is 18.7 Å². The highest BCUT2D eigenvalue weighted by molar-refractivity contribution is 5.91. The van der Waals surface area contributed by atoms with Crippen molar-refractivity contribution < 1.29 is 13.9 Å². The van der Waals surface area contributed by atoms with Crippen LogP contribution >= 0.6 is 0 Å². The lowest BCUT2D eigenvalue weighted by molar-refractivity contribution is 0.0914. The lowest BCUT2D eigenvalue weighted by atomic mass is 10.2. The molecular weight excluding hydrogens is 292 g/mol. The second-order valence-electron chi connectivity index (χ2n) is 5.75. The lowest BCUT2D eigenvalue weighted by Crippen LogP contribution is -2.23. The minimum atomic E-state index is -0.209. The van der Waals surface area contributed by atoms with Crippen LogP contribution in [0.5, 0.6) is 0 Å². The molecule has 1 fully saturated rings. The van der Waals surface area contributed by atoms with Gasteiger partial charge in [-0.15, -0.1) is 0 Å². The summed E-state index contributed by atoms with van der Waals surface area (Å²) in [4.78, 5) is 14.5. The zero-order valence-corrected chi connectivity index (χ0v) is 13.4. The van der Waals surface area contributed by atoms with Crippen molar-refractivity contribution in [2.45, 2.75) is 26.0 Å². The molecule has 122 valence electrons. The first-order chi connectivity index (χ1) is 11.3. The minimum Gasteiger partial charge on any atom is -0.453 e. The molecule has 5 heteroatoms. The van der Waals surface area contributed by atoms with Crippen molar-refractivity contribution in [3.8, 4) is 0 Å². The Hall–Kier alpha value is -2.27. The maximum Gasteiger partial charge on any atom is 0.287 e. The van der Waals surface area contributed by atoms with E-state index in [0.29, 0.717) is 24.7 Å². The number of carbonyl (C=O) groups excluding carboxylic acids is 1. The summed E-state index contributed by atoms with van der Waals surface area (Å²) in [6, 6.07) is 11.8. The second-order valence-corrected chi connectivity index (χ2v) is 5.75. The molecule has 0 spiro atoms. The highest BCUT2D eigenvalue weighted by Crippen LogP contribution is 2.21. The van der Waals surface area contributed by atoms with E-state index in [4.69, 9.17) is 9.15 Å². The van der Waals surface area contributed by atoms with Crippen LogP contribution in [-0.2, 0) is 17.9 Å². The van der Waals surface area contributed by atoms with Gasteiger partial charge in [-0.2, -0.15) is 0 Å². The number of ether oxygens (including phenoxy) is 1. The molecule has 0 bridgehead atoms. The van der Waals surface area contributed by atoms with Gasteiger partial charge in [-0.25, -0.2) is 0 Å². The van der Waals surface area contributed by atoms with Gasteiger partial charge in [0.25, 0.3) is 5.91 Å². The van der Waals surface area contributed by atoms with Crippen molar-refractivity contribution in [2.24, 2.45) is 0 Å². The van der Waals surface area contributed by atoms with Crippen molar-refractivity contribution in [3.63, 3.8) is 0 Å². The SMILES string of the molecule is COCc1ccc(C(=O)NCc2cccc(N3CCCC3)c2)o1. The molecule has 2 heterocycles. The summed E-state index contributed by atoms with van der Waals surface area (Å²) >= 11 is 0. The second kappa shape index (κ2) is 7.33. The van der Waals surface area contributed by atoms with Crippen LogP contribution in [0.2, 0.25) is 0 Å². The number of furan rings is 1. The molecule has 2 aromatic rings. The Morgan fingerprint density at radius 3 is 2.87 bits per heavy atom. The van der Waals surface area contributed by atoms with E-state index in [2.05, 4.69) is 22.3 Å². The molecule has 23 heavy (non-hydrogen) atoms. The molecule has 1 N–H and O–H groups in total. The van der Waals surface area contributed by atoms with Gasteiger partial charge in [0.2, 0.25) is 0 Å². The lowest BCUT2D eigenvalue weighted by Gasteiger charge is -2.18. The fourth-order valence-electron chi connectivity index (χ4n) is 2.83. The van der Waals surface area contributed by atoms with Gasteiger partial charge >= 0.3 is 0 Å². The number of nitrogens with zero attached hydrogens (tertiary/aromatic N) is 1. The van der Waals surface area contributed by atoms with Gasteiger partial charge in [-0.3, -0.25) is 4.79 Å². The topological polar surface area (TPSA) is 54.7 Å². The van der Waals surface area contributed by atoms with Crippen molar-refractivity contribution in [2.75, 3.05) is 25.1 Å². The summed E-state index contributed by atoms with van der Waals surface area (Å²) in [6.07, 6.45) is 2.51. The van der Waals surface area contributed by atoms with Crippen molar-refractivity contribution in [1.29, 1.82) is 0 Å². The monoisotopic (exact) mass is 314 g/mol. The van der Waals surface area contributed by atoms with E-state index in [1.54, 1.807) is 19.2 Å². The molecule has 5 nitrogen and oxygen atoms in total. The van der Waals surface area contributed by atoms with Gasteiger partial charge in [0, 0.05) is 32.4 Å². The molecule has 1 aromatic heterocycles. The molecule has 0 unspecified atom stereocenters. The van der Waals surface area contributed by atoms with Gasteiger partial charge < -0.3 is 19.4 Å². The molecule has 0 aliphatic carbocycles. The largest absolute Gasteiger partial charge is 0.453 e. The first kappa shape index (κ1) is 15.6. The van der Waals surface area contributed by atoms with Crippen LogP contribution in [0.4, 0.5) is 5.69 Å². The zero-order chi connectivity index (χ0) is 16.1. The summed E-state index contributed by atoms with van der Waals surface area (Å²) in [5, 5.41) is 2.90. The van der Waals surface area contributed by atoms with E-state index >= 15 is 0 Å². The van der Waals surface area contributed by atoms with Crippen LogP contribution < -0.4 is 10.2 Å². The number of methoxy groups -OCH3 is 1. The number of carbonyl (C=O) groups is 1. The van der Waals surface area contributed by atoms with Crippen LogP contribution in [-0.4, -0.2) is 26.1 Å². The standard InChI is InChI=1S/C18H22N2O3/c1-22-13-16-7-8-17(23-16)18(21)19-12-14-5-4-6-15(11-14)20-9-2-3-10-20/h4-8,11H,2-3,9-10,12-13H2,1H3,(H,19,21). The third-order valence-corrected chi connectivity index (χ3v) is 4.01. The highest BCUT2D eigenvalue weighted by atomic mass is 16.5. The van der Waals surface area contributed by atoms with E-state index < -0.39 is 0 Å². The van der Waals surface area contributed by atoms with Crippen LogP contribution in [0.3, 0.4) is 0 Å². The fraction of sp³-hybridized carbons (Fsp3) is 0.389. The van der Waals surface area contributed by atoms with E-state index in [1.165, 1.54) is 18.5 Å². The summed E-state index contributed by atoms with van der Waals surface area (Å²) in [7, 11) is 1.59. The highest BCUT2D eigenvalue weighted by Gasteiger charge is 2.13. The Kier molecular flexibility index (Phi) is 4.98. The molecule has 1 aliphatic heterocycles. The number of rotatable bonds is 6. The first-order valence-electron chi connectivity index (χ1n) is 7.96. The normalized spacial score (nSPS) is 14.2. The number of amides is 1. The first-order valence-corrected chi connectivity index (χ1v) is 7.96. The van der Waals surface area contributed by atoms with Gasteiger partial charge in [0.15, 0.2) is 5.76 Å². The van der Waals surface area contributed by atoms with Gasteiger partial charge in [-0.1, -0.05) is 12.1 Å². The van der Waals surface area contributed by atoms with Crippen LogP contribution in [0, 0.1) is 0 Å². The number of hydrogen-bond donors (Lipinski definition) is 1. The van der Waals surface area contributed by atoms with E-state index in [9.17, 15) is 4.79 Å². The fourth-order valence-corrected chi connectivity index (χ4v) is 2.83. The average molecular weight is 314 g/mol. The molecule has 0 atom stereocenters.